The van der Waals surface area contributed by atoms with Crippen molar-refractivity contribution >= 4 is 11.9 Å². The van der Waals surface area contributed by atoms with E-state index in [9.17, 15) is 9.59 Å². The Morgan fingerprint density at radius 1 is 1.06 bits per heavy atom. The van der Waals surface area contributed by atoms with Crippen LogP contribution in [0, 0.1) is 5.92 Å². The van der Waals surface area contributed by atoms with E-state index in [-0.39, 0.29) is 31.4 Å². The maximum Gasteiger partial charge on any atom is 0.303 e. The Hall–Kier alpha value is -3.67. The van der Waals surface area contributed by atoms with E-state index in [1.807, 2.05) is 48.5 Å². The molecule has 3 rings (SSSR count). The number of carbonyl (C=O) groups excluding carboxylic acids is 1. The number of rotatable bonds is 11. The van der Waals surface area contributed by atoms with Crippen molar-refractivity contribution < 1.29 is 19.4 Å². The minimum atomic E-state index is -0.896. The van der Waals surface area contributed by atoms with Crippen LogP contribution in [0.15, 0.2) is 73.1 Å². The summed E-state index contributed by atoms with van der Waals surface area (Å²) in [5.41, 5.74) is 3.05. The smallest absolute Gasteiger partial charge is 0.303 e. The van der Waals surface area contributed by atoms with Gasteiger partial charge in [0.05, 0.1) is 12.2 Å². The molecule has 0 aliphatic carbocycles. The second kappa shape index (κ2) is 11.8. The zero-order valence-electron chi connectivity index (χ0n) is 19.0. The number of nitrogens with zero attached hydrogens (tertiary/aromatic N) is 1. The lowest BCUT2D eigenvalue weighted by molar-refractivity contribution is -0.136. The molecule has 172 valence electrons. The maximum atomic E-state index is 13.4. The minimum absolute atomic E-state index is 0.0417. The number of hydrogen-bond acceptors (Lipinski definition) is 4. The average molecular weight is 447 g/mol. The highest BCUT2D eigenvalue weighted by Crippen LogP contribution is 2.23. The van der Waals surface area contributed by atoms with Gasteiger partial charge < -0.3 is 15.2 Å². The van der Waals surface area contributed by atoms with E-state index < -0.39 is 5.97 Å². The number of benzene rings is 2. The summed E-state index contributed by atoms with van der Waals surface area (Å²) in [6.45, 7) is 4.52. The van der Waals surface area contributed by atoms with Gasteiger partial charge in [-0.1, -0.05) is 56.3 Å². The number of carboxylic acids is 1. The summed E-state index contributed by atoms with van der Waals surface area (Å²) in [6.07, 6.45) is 4.34. The fraction of sp³-hybridized carbons (Fsp3) is 0.296. The summed E-state index contributed by atoms with van der Waals surface area (Å²) in [4.78, 5) is 28.6. The number of aliphatic carboxylic acids is 1. The Kier molecular flexibility index (Phi) is 8.58. The molecule has 0 bridgehead atoms. The highest BCUT2D eigenvalue weighted by Gasteiger charge is 2.20. The quantitative estimate of drug-likeness (QED) is 0.423. The first-order chi connectivity index (χ1) is 15.9. The zero-order chi connectivity index (χ0) is 23.6. The number of nitrogens with one attached hydrogen (secondary N) is 1. The van der Waals surface area contributed by atoms with E-state index in [4.69, 9.17) is 9.84 Å². The van der Waals surface area contributed by atoms with Gasteiger partial charge in [-0.05, 0) is 53.6 Å². The van der Waals surface area contributed by atoms with E-state index in [1.54, 1.807) is 24.5 Å². The highest BCUT2D eigenvalue weighted by molar-refractivity contribution is 5.96. The van der Waals surface area contributed by atoms with Crippen LogP contribution in [-0.4, -0.2) is 22.0 Å². The Balaban J connectivity index is 1.84. The third kappa shape index (κ3) is 7.45. The molecule has 0 saturated heterocycles. The number of ether oxygens (including phenoxy) is 1. The standard InChI is InChI=1S/C27H30N2O4/c1-19(2)15-25(22-7-4-3-5-8-22)29-27(32)24-16-20(10-11-21(24)12-13-26(30)31)18-33-23-9-6-14-28-17-23/h3-11,14,16-17,19,25H,12-13,15,18H2,1-2H3,(H,29,32)(H,30,31). The van der Waals surface area contributed by atoms with Crippen LogP contribution in [0.1, 0.15) is 59.8 Å². The zero-order valence-corrected chi connectivity index (χ0v) is 19.0. The van der Waals surface area contributed by atoms with Gasteiger partial charge in [-0.2, -0.15) is 0 Å². The van der Waals surface area contributed by atoms with Gasteiger partial charge in [0.1, 0.15) is 12.4 Å². The van der Waals surface area contributed by atoms with E-state index in [0.717, 1.165) is 17.5 Å². The van der Waals surface area contributed by atoms with E-state index in [2.05, 4.69) is 24.1 Å². The molecule has 33 heavy (non-hydrogen) atoms. The third-order valence-corrected chi connectivity index (χ3v) is 5.28. The van der Waals surface area contributed by atoms with Crippen LogP contribution in [0.2, 0.25) is 0 Å². The van der Waals surface area contributed by atoms with Crippen molar-refractivity contribution in [2.45, 2.75) is 45.8 Å². The lowest BCUT2D eigenvalue weighted by atomic mass is 9.95. The molecule has 0 fully saturated rings. The Morgan fingerprint density at radius 3 is 2.52 bits per heavy atom. The third-order valence-electron chi connectivity index (χ3n) is 5.28. The predicted molar refractivity (Wildman–Crippen MR) is 127 cm³/mol. The van der Waals surface area contributed by atoms with Crippen molar-refractivity contribution in [2.24, 2.45) is 5.92 Å². The van der Waals surface area contributed by atoms with Crippen molar-refractivity contribution in [3.63, 3.8) is 0 Å². The molecule has 1 aromatic heterocycles. The molecular formula is C27H30N2O4. The van der Waals surface area contributed by atoms with Crippen LogP contribution in [0.25, 0.3) is 0 Å². The van der Waals surface area contributed by atoms with Crippen molar-refractivity contribution in [3.8, 4) is 5.75 Å². The number of aryl methyl sites for hydroxylation is 1. The van der Waals surface area contributed by atoms with Gasteiger partial charge >= 0.3 is 5.97 Å². The fourth-order valence-corrected chi connectivity index (χ4v) is 3.65. The maximum absolute atomic E-state index is 13.4. The summed E-state index contributed by atoms with van der Waals surface area (Å²) in [5.74, 6) is -0.0823. The summed E-state index contributed by atoms with van der Waals surface area (Å²) in [5, 5.41) is 12.3. The van der Waals surface area contributed by atoms with E-state index in [1.165, 1.54) is 0 Å². The number of hydrogen-bond donors (Lipinski definition) is 2. The lowest BCUT2D eigenvalue weighted by Gasteiger charge is -2.22. The van der Waals surface area contributed by atoms with Gasteiger partial charge in [-0.3, -0.25) is 14.6 Å². The largest absolute Gasteiger partial charge is 0.487 e. The summed E-state index contributed by atoms with van der Waals surface area (Å²) in [7, 11) is 0. The van der Waals surface area contributed by atoms with Gasteiger partial charge in [-0.25, -0.2) is 0 Å². The molecular weight excluding hydrogens is 416 g/mol. The number of aromatic nitrogens is 1. The van der Waals surface area contributed by atoms with Crippen LogP contribution in [0.3, 0.4) is 0 Å². The molecule has 0 saturated carbocycles. The number of carbonyl (C=O) groups is 2. The fourth-order valence-electron chi connectivity index (χ4n) is 3.65. The van der Waals surface area contributed by atoms with Crippen molar-refractivity contribution in [3.05, 3.63) is 95.3 Å². The van der Waals surface area contributed by atoms with Crippen LogP contribution < -0.4 is 10.1 Å². The minimum Gasteiger partial charge on any atom is -0.487 e. The van der Waals surface area contributed by atoms with Crippen LogP contribution in [0.5, 0.6) is 5.75 Å². The number of amides is 1. The molecule has 1 unspecified atom stereocenters. The van der Waals surface area contributed by atoms with Crippen molar-refractivity contribution in [2.75, 3.05) is 0 Å². The molecule has 6 nitrogen and oxygen atoms in total. The molecule has 6 heteroatoms. The first-order valence-corrected chi connectivity index (χ1v) is 11.1. The van der Waals surface area contributed by atoms with Gasteiger partial charge in [-0.15, -0.1) is 0 Å². The highest BCUT2D eigenvalue weighted by atomic mass is 16.5. The van der Waals surface area contributed by atoms with Crippen LogP contribution in [0.4, 0.5) is 0 Å². The SMILES string of the molecule is CC(C)CC(NC(=O)c1cc(COc2cccnc2)ccc1CCC(=O)O)c1ccccc1. The Morgan fingerprint density at radius 2 is 1.85 bits per heavy atom. The molecule has 0 aliphatic rings. The summed E-state index contributed by atoms with van der Waals surface area (Å²) < 4.78 is 5.78. The van der Waals surface area contributed by atoms with E-state index >= 15 is 0 Å². The summed E-state index contributed by atoms with van der Waals surface area (Å²) in [6, 6.07) is 18.8. The first kappa shape index (κ1) is 24.0. The number of carboxylic acid groups (broad SMARTS) is 1. The van der Waals surface area contributed by atoms with Crippen molar-refractivity contribution in [1.29, 1.82) is 0 Å². The Labute approximate surface area is 194 Å². The molecule has 0 aliphatic heterocycles. The second-order valence-electron chi connectivity index (χ2n) is 8.43. The molecule has 1 amide bonds. The molecule has 0 spiro atoms. The molecule has 0 radical (unpaired) electrons. The molecule has 2 N–H and O–H groups in total. The van der Waals surface area contributed by atoms with E-state index in [0.29, 0.717) is 22.8 Å². The topological polar surface area (TPSA) is 88.5 Å². The molecule has 1 atom stereocenters. The monoisotopic (exact) mass is 446 g/mol. The number of pyridine rings is 1. The van der Waals surface area contributed by atoms with Crippen molar-refractivity contribution in [1.82, 2.24) is 10.3 Å². The van der Waals surface area contributed by atoms with Gasteiger partial charge in [0.25, 0.3) is 5.91 Å². The van der Waals surface area contributed by atoms with Gasteiger partial charge in [0.15, 0.2) is 0 Å². The second-order valence-corrected chi connectivity index (χ2v) is 8.43. The first-order valence-electron chi connectivity index (χ1n) is 11.1. The van der Waals surface area contributed by atoms with Crippen LogP contribution in [-0.2, 0) is 17.8 Å². The molecule has 2 aromatic carbocycles. The average Bonchev–Trinajstić information content (AvgIpc) is 2.82. The molecule has 3 aromatic rings. The van der Waals surface area contributed by atoms with Crippen LogP contribution >= 0.6 is 0 Å². The normalized spacial score (nSPS) is 11.7. The van der Waals surface area contributed by atoms with Gasteiger partial charge in [0.2, 0.25) is 0 Å². The summed E-state index contributed by atoms with van der Waals surface area (Å²) >= 11 is 0. The predicted octanol–water partition coefficient (Wildman–Crippen LogP) is 5.20. The molecule has 1 heterocycles. The Bertz CT molecular complexity index is 1050. The lowest BCUT2D eigenvalue weighted by Crippen LogP contribution is -2.30. The van der Waals surface area contributed by atoms with Gasteiger partial charge in [0, 0.05) is 18.2 Å².